The molecule has 0 unspecified atom stereocenters. The van der Waals surface area contributed by atoms with E-state index in [0.29, 0.717) is 50.9 Å². The number of unbranched alkanes of at least 4 members (excludes halogenated alkanes) is 2. The molecule has 0 radical (unpaired) electrons. The second-order valence-corrected chi connectivity index (χ2v) is 55.3. The van der Waals surface area contributed by atoms with E-state index in [9.17, 15) is 0 Å². The average Bonchev–Trinajstić information content (AvgIpc) is 0.839. The van der Waals surface area contributed by atoms with Crippen LogP contribution in [0.2, 0.25) is 92.7 Å². The average molecular weight is 1410 g/mol. The van der Waals surface area contributed by atoms with Gasteiger partial charge in [-0.05, 0) is 195 Å². The maximum atomic E-state index is 6.14. The molecule has 2 aromatic carbocycles. The Morgan fingerprint density at radius 1 is 0.293 bits per heavy atom. The van der Waals surface area contributed by atoms with Crippen LogP contribution in [0.15, 0.2) is 60.7 Å². The second-order valence-electron chi connectivity index (χ2n) is 27.0. The minimum Gasteiger partial charge on any atom is -0.420 e. The number of rotatable bonds is 42. The van der Waals surface area contributed by atoms with E-state index < -0.39 is 49.9 Å². The van der Waals surface area contributed by atoms with Crippen LogP contribution >= 0.6 is 0 Å². The van der Waals surface area contributed by atoms with Crippen LogP contribution in [0.5, 0.6) is 0 Å². The van der Waals surface area contributed by atoms with Crippen molar-refractivity contribution in [3.8, 4) is 0 Å². The van der Waals surface area contributed by atoms with Crippen molar-refractivity contribution < 1.29 is 26.6 Å². The summed E-state index contributed by atoms with van der Waals surface area (Å²) < 4.78 is 36.0. The summed E-state index contributed by atoms with van der Waals surface area (Å²) in [5.41, 5.74) is 39.1. The van der Waals surface area contributed by atoms with Gasteiger partial charge in [0.1, 0.15) is 0 Å². The smallest absolute Gasteiger partial charge is 0.255 e. The van der Waals surface area contributed by atoms with E-state index in [1.165, 1.54) is 78.4 Å². The van der Waals surface area contributed by atoms with E-state index in [4.69, 9.17) is 61.0 Å². The highest BCUT2D eigenvalue weighted by Gasteiger charge is 2.44. The molecule has 12 nitrogen and oxygen atoms in total. The molecule has 0 spiro atoms. The van der Waals surface area contributed by atoms with Crippen molar-refractivity contribution in [1.82, 2.24) is 0 Å². The van der Waals surface area contributed by atoms with Crippen LogP contribution in [0, 0.1) is 0 Å². The first-order valence-corrected chi connectivity index (χ1v) is 49.1. The predicted octanol–water partition coefficient (Wildman–Crippen LogP) is 19.6. The lowest BCUT2D eigenvalue weighted by atomic mass is 10.4. The second kappa shape index (κ2) is 62.5. The van der Waals surface area contributed by atoms with Crippen LogP contribution in [-0.2, 0) is 26.6 Å². The van der Waals surface area contributed by atoms with Gasteiger partial charge < -0.3 is 61.0 Å². The van der Waals surface area contributed by atoms with Crippen molar-refractivity contribution >= 4 is 60.3 Å². The number of hydrogen-bond donors (Lipinski definition) is 6. The van der Waals surface area contributed by atoms with Crippen LogP contribution in [0.3, 0.4) is 0 Å². The quantitative estimate of drug-likeness (QED) is 0.0343. The maximum Gasteiger partial charge on any atom is 0.255 e. The van der Waals surface area contributed by atoms with E-state index in [-0.39, 0.29) is 29.7 Å². The van der Waals surface area contributed by atoms with Gasteiger partial charge in [-0.3, -0.25) is 0 Å². The van der Waals surface area contributed by atoms with Crippen LogP contribution in [0.25, 0.3) is 0 Å². The standard InChI is InChI=1S/C16H21NOSi.C12H29NOSi.2C11H27NOSi.2C10H25NOSi.4CH4/c1-18-19(14-8-13-17,15-9-4-2-5-10-15)16-11-6-3-7-12-16;1-4-6-10-15(14-3,11-7-5-2)12-8-9-13;2*1-6-13-14(10(2)3,11(4)5)9-7-8-12;2*1-9(2)13(12-5,10(3)4)8-6-7-11;;;;/h2-7,9-12H,8,13-14,17H2,1H3;4-13H2,1-3H3;2*10-11H,6-9,12H2,1-5H3;2*9-10H,6-8,11H2,1-5H3;4*1H4. The van der Waals surface area contributed by atoms with E-state index >= 15 is 0 Å². The number of hydrogen-bond acceptors (Lipinski definition) is 12. The SMILES string of the molecule is C.C.C.C.CCCC[Si](CCCC)(CCCN)OC.CCO[Si](CCCN)(C(C)C)C(C)C.CCO[Si](CCCN)(C(C)C)C(C)C.CO[Si](CCCN)(C(C)C)C(C)C.CO[Si](CCCN)(C(C)C)C(C)C.CO[Si](CCCN)(c1ccccc1)c1ccccc1. The zero-order chi connectivity index (χ0) is 68.5. The Hall–Kier alpha value is -0.739. The lowest BCUT2D eigenvalue weighted by Crippen LogP contribution is -2.60. The predicted molar refractivity (Wildman–Crippen MR) is 436 cm³/mol. The van der Waals surface area contributed by atoms with E-state index in [1.807, 2.05) is 40.6 Å². The molecule has 0 aliphatic rings. The zero-order valence-electron chi connectivity index (χ0n) is 62.7. The lowest BCUT2D eigenvalue weighted by molar-refractivity contribution is 0.303. The number of nitrogens with two attached hydrogens (primary N) is 6. The number of benzene rings is 2. The van der Waals surface area contributed by atoms with Gasteiger partial charge in [0, 0.05) is 41.7 Å². The fraction of sp³-hybridized carbons (Fsp3) is 0.838. The Morgan fingerprint density at radius 2 is 0.522 bits per heavy atom. The van der Waals surface area contributed by atoms with Gasteiger partial charge in [0.05, 0.1) is 0 Å². The minimum atomic E-state index is -2.12. The molecule has 18 heteroatoms. The molecule has 0 heterocycles. The van der Waals surface area contributed by atoms with Crippen molar-refractivity contribution in [1.29, 1.82) is 0 Å². The molecule has 12 N–H and O–H groups in total. The lowest BCUT2D eigenvalue weighted by Gasteiger charge is -2.38. The van der Waals surface area contributed by atoms with Gasteiger partial charge in [-0.25, -0.2) is 0 Å². The van der Waals surface area contributed by atoms with Crippen LogP contribution < -0.4 is 44.8 Å². The molecule has 92 heavy (non-hydrogen) atoms. The van der Waals surface area contributed by atoms with Crippen LogP contribution in [0.1, 0.15) is 232 Å². The molecular weight excluding hydrogens is 1240 g/mol. The summed E-state index contributed by atoms with van der Waals surface area (Å²) in [6.07, 6.45) is 11.8. The first-order chi connectivity index (χ1) is 41.6. The summed E-state index contributed by atoms with van der Waals surface area (Å²) in [6, 6.07) is 30.9. The fourth-order valence-corrected chi connectivity index (χ4v) is 39.6. The third kappa shape index (κ3) is 38.0. The van der Waals surface area contributed by atoms with Gasteiger partial charge in [-0.15, -0.1) is 0 Å². The minimum absolute atomic E-state index is 0. The highest BCUT2D eigenvalue weighted by atomic mass is 28.4. The Labute approximate surface area is 584 Å². The Balaban J connectivity index is -0.000000153. The van der Waals surface area contributed by atoms with Crippen molar-refractivity contribution in [3.63, 3.8) is 0 Å². The molecule has 0 amide bonds. The third-order valence-corrected chi connectivity index (χ3v) is 51.6. The highest BCUT2D eigenvalue weighted by molar-refractivity contribution is 6.97. The first kappa shape index (κ1) is 107. The molecule has 0 saturated heterocycles. The summed E-state index contributed by atoms with van der Waals surface area (Å²) in [4.78, 5) is 0. The van der Waals surface area contributed by atoms with Gasteiger partial charge in [0.25, 0.3) is 8.32 Å². The topological polar surface area (TPSA) is 212 Å². The highest BCUT2D eigenvalue weighted by Crippen LogP contribution is 2.40. The van der Waals surface area contributed by atoms with Gasteiger partial charge in [0.15, 0.2) is 41.6 Å². The zero-order valence-corrected chi connectivity index (χ0v) is 68.7. The Morgan fingerprint density at radius 3 is 0.717 bits per heavy atom. The molecule has 556 valence electrons. The summed E-state index contributed by atoms with van der Waals surface area (Å²) in [6.45, 7) is 51.8. The van der Waals surface area contributed by atoms with Crippen LogP contribution in [-0.4, -0.2) is 131 Å². The molecule has 2 rings (SSSR count). The summed E-state index contributed by atoms with van der Waals surface area (Å²) in [7, 11) is -2.17. The molecule has 0 aliphatic carbocycles. The summed E-state index contributed by atoms with van der Waals surface area (Å²) in [5, 5.41) is 2.63. The Bertz CT molecular complexity index is 1670. The molecule has 0 atom stereocenters. The summed E-state index contributed by atoms with van der Waals surface area (Å²) in [5.74, 6) is 0. The molecular formula is C74H170N6O6Si6. The summed E-state index contributed by atoms with van der Waals surface area (Å²) >= 11 is 0. The monoisotopic (exact) mass is 1410 g/mol. The van der Waals surface area contributed by atoms with Crippen LogP contribution in [0.4, 0.5) is 0 Å². The Kier molecular flexibility index (Phi) is 72.9. The normalized spacial score (nSPS) is 11.9. The van der Waals surface area contributed by atoms with E-state index in [1.54, 1.807) is 0 Å². The molecule has 0 saturated carbocycles. The van der Waals surface area contributed by atoms with E-state index in [2.05, 4.69) is 187 Å². The first-order valence-electron chi connectivity index (χ1n) is 35.4. The molecule has 0 bridgehead atoms. The molecule has 0 fully saturated rings. The van der Waals surface area contributed by atoms with Crippen molar-refractivity contribution in [2.75, 3.05) is 80.9 Å². The van der Waals surface area contributed by atoms with Crippen molar-refractivity contribution in [2.24, 2.45) is 34.4 Å². The van der Waals surface area contributed by atoms with Crippen molar-refractivity contribution in [3.05, 3.63) is 60.7 Å². The van der Waals surface area contributed by atoms with Gasteiger partial charge in [0.2, 0.25) is 0 Å². The van der Waals surface area contributed by atoms with E-state index in [0.717, 1.165) is 90.5 Å². The molecule has 0 aromatic heterocycles. The fourth-order valence-electron chi connectivity index (χ4n) is 13.6. The van der Waals surface area contributed by atoms with Gasteiger partial charge >= 0.3 is 0 Å². The van der Waals surface area contributed by atoms with Gasteiger partial charge in [-0.1, -0.05) is 241 Å². The largest absolute Gasteiger partial charge is 0.420 e. The maximum absolute atomic E-state index is 6.14. The molecule has 2 aromatic rings. The third-order valence-electron chi connectivity index (χ3n) is 19.3. The van der Waals surface area contributed by atoms with Gasteiger partial charge in [-0.2, -0.15) is 0 Å². The van der Waals surface area contributed by atoms with Crippen molar-refractivity contribution in [2.45, 2.75) is 325 Å². The molecule has 0 aliphatic heterocycles.